The van der Waals surface area contributed by atoms with E-state index in [1.165, 1.54) is 109 Å². The van der Waals surface area contributed by atoms with E-state index in [9.17, 15) is 14.4 Å². The van der Waals surface area contributed by atoms with E-state index in [1.54, 1.807) is 0 Å². The maximum Gasteiger partial charge on any atom is 0.306 e. The van der Waals surface area contributed by atoms with E-state index in [4.69, 9.17) is 14.2 Å². The molecule has 0 aromatic carbocycles. The standard InChI is InChI=1S/C51H90O6/c1-4-7-10-13-16-18-20-22-24-25-26-27-28-30-31-33-35-38-41-44-50(53)56-47-48(46-55-49(52)43-40-37-15-12-9-6-3)57-51(54)45-42-39-36-34-32-29-23-21-19-17-14-11-8-5-2/h16,18,21-24,26-27,48H,4-15,17,19-20,25,28-47H2,1-3H3/b18-16-,23-21-,24-22-,27-26-. The second kappa shape index (κ2) is 46.1. The van der Waals surface area contributed by atoms with Crippen LogP contribution in [-0.2, 0) is 28.6 Å². The summed E-state index contributed by atoms with van der Waals surface area (Å²) in [4.78, 5) is 37.6. The Morgan fingerprint density at radius 1 is 0.351 bits per heavy atom. The maximum absolute atomic E-state index is 12.7. The topological polar surface area (TPSA) is 78.9 Å². The lowest BCUT2D eigenvalue weighted by Gasteiger charge is -2.18. The van der Waals surface area contributed by atoms with Crippen LogP contribution in [0.25, 0.3) is 0 Å². The zero-order valence-corrected chi connectivity index (χ0v) is 37.6. The van der Waals surface area contributed by atoms with Crippen molar-refractivity contribution in [1.82, 2.24) is 0 Å². The quantitative estimate of drug-likeness (QED) is 0.0265. The molecule has 0 radical (unpaired) electrons. The Labute approximate surface area is 352 Å². The van der Waals surface area contributed by atoms with Crippen LogP contribution in [0.5, 0.6) is 0 Å². The molecule has 0 fully saturated rings. The van der Waals surface area contributed by atoms with Gasteiger partial charge in [0.05, 0.1) is 0 Å². The van der Waals surface area contributed by atoms with Crippen LogP contribution in [0, 0.1) is 0 Å². The fourth-order valence-electron chi connectivity index (χ4n) is 6.62. The molecule has 0 aromatic heterocycles. The zero-order chi connectivity index (χ0) is 41.5. The number of carbonyl (C=O) groups is 3. The fourth-order valence-corrected chi connectivity index (χ4v) is 6.62. The van der Waals surface area contributed by atoms with Gasteiger partial charge in [0.2, 0.25) is 0 Å². The Morgan fingerprint density at radius 3 is 1.04 bits per heavy atom. The predicted octanol–water partition coefficient (Wildman–Crippen LogP) is 15.5. The van der Waals surface area contributed by atoms with Gasteiger partial charge in [-0.15, -0.1) is 0 Å². The summed E-state index contributed by atoms with van der Waals surface area (Å²) >= 11 is 0. The first kappa shape index (κ1) is 54.4. The lowest BCUT2D eigenvalue weighted by atomic mass is 10.1. The van der Waals surface area contributed by atoms with E-state index in [1.807, 2.05) is 0 Å². The zero-order valence-electron chi connectivity index (χ0n) is 37.6. The minimum absolute atomic E-state index is 0.0807. The minimum Gasteiger partial charge on any atom is -0.462 e. The van der Waals surface area contributed by atoms with E-state index < -0.39 is 6.10 Å². The summed E-state index contributed by atoms with van der Waals surface area (Å²) in [5.74, 6) is -0.910. The monoisotopic (exact) mass is 799 g/mol. The largest absolute Gasteiger partial charge is 0.462 e. The third-order valence-electron chi connectivity index (χ3n) is 10.3. The molecular formula is C51H90O6. The van der Waals surface area contributed by atoms with E-state index in [0.717, 1.165) is 89.9 Å². The second-order valence-electron chi connectivity index (χ2n) is 16.0. The molecule has 0 aliphatic carbocycles. The van der Waals surface area contributed by atoms with Gasteiger partial charge in [-0.2, -0.15) is 0 Å². The molecule has 0 amide bonds. The van der Waals surface area contributed by atoms with Crippen LogP contribution in [0.1, 0.15) is 239 Å². The summed E-state index contributed by atoms with van der Waals surface area (Å²) in [5.41, 5.74) is 0. The molecule has 0 saturated heterocycles. The molecule has 0 rings (SSSR count). The summed E-state index contributed by atoms with van der Waals surface area (Å²) < 4.78 is 16.6. The van der Waals surface area contributed by atoms with Gasteiger partial charge < -0.3 is 14.2 Å². The summed E-state index contributed by atoms with van der Waals surface area (Å²) in [7, 11) is 0. The summed E-state index contributed by atoms with van der Waals surface area (Å²) in [6, 6.07) is 0. The van der Waals surface area contributed by atoms with Crippen LogP contribution in [0.4, 0.5) is 0 Å². The van der Waals surface area contributed by atoms with Crippen LogP contribution in [-0.4, -0.2) is 37.2 Å². The van der Waals surface area contributed by atoms with Crippen molar-refractivity contribution in [1.29, 1.82) is 0 Å². The van der Waals surface area contributed by atoms with Gasteiger partial charge in [0, 0.05) is 19.3 Å². The van der Waals surface area contributed by atoms with Gasteiger partial charge in [0.15, 0.2) is 6.10 Å². The third kappa shape index (κ3) is 44.3. The van der Waals surface area contributed by atoms with Crippen molar-refractivity contribution in [3.8, 4) is 0 Å². The predicted molar refractivity (Wildman–Crippen MR) is 242 cm³/mol. The van der Waals surface area contributed by atoms with Crippen molar-refractivity contribution in [2.75, 3.05) is 13.2 Å². The van der Waals surface area contributed by atoms with Crippen molar-refractivity contribution in [3.05, 3.63) is 48.6 Å². The highest BCUT2D eigenvalue weighted by atomic mass is 16.6. The summed E-state index contributed by atoms with van der Waals surface area (Å²) in [5, 5.41) is 0. The van der Waals surface area contributed by atoms with Gasteiger partial charge in [-0.05, 0) is 83.5 Å². The number of esters is 3. The normalized spacial score (nSPS) is 12.4. The molecule has 0 saturated carbocycles. The van der Waals surface area contributed by atoms with E-state index in [-0.39, 0.29) is 31.1 Å². The molecule has 6 heteroatoms. The molecule has 0 spiro atoms. The number of rotatable bonds is 43. The molecule has 0 aliphatic heterocycles. The highest BCUT2D eigenvalue weighted by molar-refractivity contribution is 5.71. The molecule has 1 atom stereocenters. The molecule has 6 nitrogen and oxygen atoms in total. The first-order valence-corrected chi connectivity index (χ1v) is 24.1. The van der Waals surface area contributed by atoms with Crippen molar-refractivity contribution in [2.45, 2.75) is 245 Å². The van der Waals surface area contributed by atoms with Crippen LogP contribution >= 0.6 is 0 Å². The average Bonchev–Trinajstić information content (AvgIpc) is 3.21. The smallest absolute Gasteiger partial charge is 0.306 e. The molecule has 0 bridgehead atoms. The molecule has 0 aliphatic rings. The van der Waals surface area contributed by atoms with E-state index in [2.05, 4.69) is 69.4 Å². The van der Waals surface area contributed by atoms with Gasteiger partial charge in [0.25, 0.3) is 0 Å². The highest BCUT2D eigenvalue weighted by Crippen LogP contribution is 2.13. The molecule has 1 unspecified atom stereocenters. The van der Waals surface area contributed by atoms with Gasteiger partial charge >= 0.3 is 17.9 Å². The van der Waals surface area contributed by atoms with Gasteiger partial charge in [0.1, 0.15) is 13.2 Å². The molecule has 0 N–H and O–H groups in total. The Kier molecular flexibility index (Phi) is 43.9. The van der Waals surface area contributed by atoms with Gasteiger partial charge in [-0.25, -0.2) is 0 Å². The van der Waals surface area contributed by atoms with Crippen LogP contribution in [0.3, 0.4) is 0 Å². The number of unbranched alkanes of at least 4 members (excludes halogenated alkanes) is 24. The van der Waals surface area contributed by atoms with E-state index in [0.29, 0.717) is 19.3 Å². The molecule has 57 heavy (non-hydrogen) atoms. The molecular weight excluding hydrogens is 709 g/mol. The van der Waals surface area contributed by atoms with Crippen LogP contribution in [0.15, 0.2) is 48.6 Å². The summed E-state index contributed by atoms with van der Waals surface area (Å²) in [6.45, 7) is 6.52. The maximum atomic E-state index is 12.7. The molecule has 0 heterocycles. The Morgan fingerprint density at radius 2 is 0.632 bits per heavy atom. The highest BCUT2D eigenvalue weighted by Gasteiger charge is 2.19. The first-order valence-electron chi connectivity index (χ1n) is 24.1. The first-order chi connectivity index (χ1) is 28.0. The van der Waals surface area contributed by atoms with E-state index >= 15 is 0 Å². The molecule has 330 valence electrons. The number of allylic oxidation sites excluding steroid dienone is 8. The average molecular weight is 799 g/mol. The lowest BCUT2D eigenvalue weighted by Crippen LogP contribution is -2.30. The van der Waals surface area contributed by atoms with Gasteiger partial charge in [-0.3, -0.25) is 14.4 Å². The van der Waals surface area contributed by atoms with Crippen molar-refractivity contribution >= 4 is 17.9 Å². The lowest BCUT2D eigenvalue weighted by molar-refractivity contribution is -0.167. The van der Waals surface area contributed by atoms with Crippen LogP contribution in [0.2, 0.25) is 0 Å². The fraction of sp³-hybridized carbons (Fsp3) is 0.784. The number of hydrogen-bond acceptors (Lipinski definition) is 6. The Balaban J connectivity index is 4.26. The number of carbonyl (C=O) groups excluding carboxylic acids is 3. The number of ether oxygens (including phenoxy) is 3. The SMILES string of the molecule is CCCCC/C=C\C/C=C\C/C=C\CCCCCCCCC(=O)OCC(COC(=O)CCCCCCCC)OC(=O)CCCCCCC/C=C\CCCCCCC. The second-order valence-corrected chi connectivity index (χ2v) is 16.0. The van der Waals surface area contributed by atoms with Crippen molar-refractivity contribution in [3.63, 3.8) is 0 Å². The number of hydrogen-bond donors (Lipinski definition) is 0. The third-order valence-corrected chi connectivity index (χ3v) is 10.3. The van der Waals surface area contributed by atoms with Gasteiger partial charge in [-0.1, -0.05) is 185 Å². The molecule has 0 aromatic rings. The Hall–Kier alpha value is -2.63. The van der Waals surface area contributed by atoms with Crippen molar-refractivity contribution < 1.29 is 28.6 Å². The van der Waals surface area contributed by atoms with Crippen molar-refractivity contribution in [2.24, 2.45) is 0 Å². The minimum atomic E-state index is -0.777. The van der Waals surface area contributed by atoms with Crippen LogP contribution < -0.4 is 0 Å². The Bertz CT molecular complexity index is 1010. The summed E-state index contributed by atoms with van der Waals surface area (Å²) in [6.07, 6.45) is 54.0.